The maximum atomic E-state index is 8.90. The first kappa shape index (κ1) is 15.8. The first-order valence-electron chi connectivity index (χ1n) is 7.37. The molecule has 21 heavy (non-hydrogen) atoms. The van der Waals surface area contributed by atoms with Gasteiger partial charge in [-0.25, -0.2) is 0 Å². The van der Waals surface area contributed by atoms with Crippen molar-refractivity contribution in [2.75, 3.05) is 33.5 Å². The van der Waals surface area contributed by atoms with Crippen LogP contribution in [0.3, 0.4) is 0 Å². The van der Waals surface area contributed by atoms with Crippen molar-refractivity contribution < 1.29 is 14.6 Å². The van der Waals surface area contributed by atoms with Crippen LogP contribution in [0.4, 0.5) is 0 Å². The SMILES string of the molecule is CCC1COCCN1Cc1cc(OC)ccc1C#CCO. The molecule has 1 aromatic rings. The normalized spacial score (nSPS) is 18.9. The lowest BCUT2D eigenvalue weighted by Crippen LogP contribution is -2.44. The highest BCUT2D eigenvalue weighted by atomic mass is 16.5. The summed E-state index contributed by atoms with van der Waals surface area (Å²) in [6.07, 6.45) is 1.07. The fourth-order valence-corrected chi connectivity index (χ4v) is 2.58. The van der Waals surface area contributed by atoms with Crippen molar-refractivity contribution in [3.8, 4) is 17.6 Å². The van der Waals surface area contributed by atoms with Gasteiger partial charge in [0.2, 0.25) is 0 Å². The van der Waals surface area contributed by atoms with Gasteiger partial charge in [-0.05, 0) is 30.2 Å². The molecule has 1 heterocycles. The van der Waals surface area contributed by atoms with Crippen molar-refractivity contribution in [1.82, 2.24) is 4.90 Å². The van der Waals surface area contributed by atoms with E-state index in [1.807, 2.05) is 18.2 Å². The fraction of sp³-hybridized carbons (Fsp3) is 0.529. The highest BCUT2D eigenvalue weighted by molar-refractivity contribution is 5.45. The third-order valence-electron chi connectivity index (χ3n) is 3.81. The van der Waals surface area contributed by atoms with Crippen LogP contribution in [0.25, 0.3) is 0 Å². The van der Waals surface area contributed by atoms with Gasteiger partial charge < -0.3 is 14.6 Å². The number of hydrogen-bond acceptors (Lipinski definition) is 4. The molecule has 1 aromatic carbocycles. The number of nitrogens with zero attached hydrogens (tertiary/aromatic N) is 1. The summed E-state index contributed by atoms with van der Waals surface area (Å²) in [6, 6.07) is 6.34. The minimum absolute atomic E-state index is 0.124. The molecule has 0 saturated carbocycles. The zero-order valence-corrected chi connectivity index (χ0v) is 12.8. The average molecular weight is 289 g/mol. The van der Waals surface area contributed by atoms with Crippen molar-refractivity contribution in [3.63, 3.8) is 0 Å². The summed E-state index contributed by atoms with van der Waals surface area (Å²) in [5.74, 6) is 6.58. The van der Waals surface area contributed by atoms with Crippen LogP contribution < -0.4 is 4.74 Å². The molecule has 0 aliphatic carbocycles. The predicted octanol–water partition coefficient (Wildman–Crippen LogP) is 1.65. The Morgan fingerprint density at radius 3 is 3.05 bits per heavy atom. The topological polar surface area (TPSA) is 41.9 Å². The maximum absolute atomic E-state index is 8.90. The average Bonchev–Trinajstić information content (AvgIpc) is 2.54. The largest absolute Gasteiger partial charge is 0.497 e. The fourth-order valence-electron chi connectivity index (χ4n) is 2.58. The highest BCUT2D eigenvalue weighted by Crippen LogP contribution is 2.21. The van der Waals surface area contributed by atoms with Gasteiger partial charge in [0.05, 0.1) is 20.3 Å². The monoisotopic (exact) mass is 289 g/mol. The Morgan fingerprint density at radius 1 is 1.48 bits per heavy atom. The van der Waals surface area contributed by atoms with Crippen molar-refractivity contribution in [2.24, 2.45) is 0 Å². The molecular weight excluding hydrogens is 266 g/mol. The minimum Gasteiger partial charge on any atom is -0.497 e. The summed E-state index contributed by atoms with van der Waals surface area (Å²) in [5, 5.41) is 8.90. The van der Waals surface area contributed by atoms with Crippen molar-refractivity contribution in [3.05, 3.63) is 29.3 Å². The smallest absolute Gasteiger partial charge is 0.119 e. The van der Waals surface area contributed by atoms with Gasteiger partial charge in [-0.2, -0.15) is 0 Å². The second-order valence-electron chi connectivity index (χ2n) is 5.09. The molecule has 1 atom stereocenters. The zero-order valence-electron chi connectivity index (χ0n) is 12.8. The van der Waals surface area contributed by atoms with E-state index in [-0.39, 0.29) is 6.61 Å². The first-order chi connectivity index (χ1) is 10.3. The zero-order chi connectivity index (χ0) is 15.1. The van der Waals surface area contributed by atoms with E-state index in [1.54, 1.807) is 7.11 Å². The molecule has 0 bridgehead atoms. The molecular formula is C17H23NO3. The lowest BCUT2D eigenvalue weighted by molar-refractivity contribution is -0.0127. The molecule has 1 fully saturated rings. The Balaban J connectivity index is 2.23. The molecule has 1 aliphatic heterocycles. The first-order valence-corrected chi connectivity index (χ1v) is 7.37. The minimum atomic E-state index is -0.124. The quantitative estimate of drug-likeness (QED) is 0.856. The van der Waals surface area contributed by atoms with Crippen molar-refractivity contribution in [1.29, 1.82) is 0 Å². The maximum Gasteiger partial charge on any atom is 0.119 e. The Kier molecular flexibility index (Phi) is 6.06. The molecule has 4 heteroatoms. The van der Waals surface area contributed by atoms with Crippen LogP contribution in [0, 0.1) is 11.8 Å². The molecule has 1 saturated heterocycles. The van der Waals surface area contributed by atoms with E-state index in [0.717, 1.165) is 49.6 Å². The number of morpholine rings is 1. The second kappa shape index (κ2) is 8.04. The third kappa shape index (κ3) is 4.21. The second-order valence-corrected chi connectivity index (χ2v) is 5.09. The van der Waals surface area contributed by atoms with Crippen LogP contribution in [0.15, 0.2) is 18.2 Å². The standard InChI is InChI=1S/C17H23NO3/c1-3-16-13-21-10-8-18(16)12-15-11-17(20-2)7-6-14(15)5-4-9-19/h6-7,11,16,19H,3,8-10,12-13H2,1-2H3. The number of benzene rings is 1. The van der Waals surface area contributed by atoms with Gasteiger partial charge in [-0.3, -0.25) is 4.90 Å². The van der Waals surface area contributed by atoms with Crippen LogP contribution in [-0.4, -0.2) is 49.5 Å². The Bertz CT molecular complexity index is 519. The van der Waals surface area contributed by atoms with Gasteiger partial charge >= 0.3 is 0 Å². The van der Waals surface area contributed by atoms with Crippen LogP contribution in [0.2, 0.25) is 0 Å². The van der Waals surface area contributed by atoms with E-state index in [1.165, 1.54) is 0 Å². The highest BCUT2D eigenvalue weighted by Gasteiger charge is 2.22. The molecule has 0 spiro atoms. The van der Waals surface area contributed by atoms with Gasteiger partial charge in [0, 0.05) is 24.7 Å². The van der Waals surface area contributed by atoms with Gasteiger partial charge in [-0.1, -0.05) is 18.8 Å². The summed E-state index contributed by atoms with van der Waals surface area (Å²) in [4.78, 5) is 2.43. The predicted molar refractivity (Wildman–Crippen MR) is 82.3 cm³/mol. The Morgan fingerprint density at radius 2 is 2.33 bits per heavy atom. The van der Waals surface area contributed by atoms with Crippen LogP contribution in [0.1, 0.15) is 24.5 Å². The molecule has 0 aromatic heterocycles. The molecule has 4 nitrogen and oxygen atoms in total. The number of aliphatic hydroxyl groups excluding tert-OH is 1. The van der Waals surface area contributed by atoms with Crippen LogP contribution in [-0.2, 0) is 11.3 Å². The molecule has 1 unspecified atom stereocenters. The van der Waals surface area contributed by atoms with Crippen molar-refractivity contribution in [2.45, 2.75) is 25.9 Å². The molecule has 1 N–H and O–H groups in total. The molecule has 0 amide bonds. The lowest BCUT2D eigenvalue weighted by Gasteiger charge is -2.35. The van der Waals surface area contributed by atoms with E-state index in [9.17, 15) is 0 Å². The molecule has 114 valence electrons. The van der Waals surface area contributed by atoms with E-state index in [0.29, 0.717) is 6.04 Å². The number of rotatable bonds is 4. The Labute approximate surface area is 126 Å². The Hall–Kier alpha value is -1.54. The molecule has 2 rings (SSSR count). The van der Waals surface area contributed by atoms with E-state index in [4.69, 9.17) is 14.6 Å². The summed E-state index contributed by atoms with van der Waals surface area (Å²) < 4.78 is 10.9. The van der Waals surface area contributed by atoms with Gasteiger partial charge in [0.25, 0.3) is 0 Å². The van der Waals surface area contributed by atoms with Crippen molar-refractivity contribution >= 4 is 0 Å². The van der Waals surface area contributed by atoms with E-state index < -0.39 is 0 Å². The van der Waals surface area contributed by atoms with Gasteiger partial charge in [0.1, 0.15) is 12.4 Å². The number of methoxy groups -OCH3 is 1. The molecule has 0 radical (unpaired) electrons. The molecule has 1 aliphatic rings. The van der Waals surface area contributed by atoms with Gasteiger partial charge in [-0.15, -0.1) is 0 Å². The van der Waals surface area contributed by atoms with Gasteiger partial charge in [0.15, 0.2) is 0 Å². The van der Waals surface area contributed by atoms with Crippen LogP contribution >= 0.6 is 0 Å². The summed E-state index contributed by atoms with van der Waals surface area (Å²) in [5.41, 5.74) is 2.09. The third-order valence-corrected chi connectivity index (χ3v) is 3.81. The summed E-state index contributed by atoms with van der Waals surface area (Å²) >= 11 is 0. The summed E-state index contributed by atoms with van der Waals surface area (Å²) in [6.45, 7) is 5.39. The number of ether oxygens (including phenoxy) is 2. The number of hydrogen-bond donors (Lipinski definition) is 1. The summed E-state index contributed by atoms with van der Waals surface area (Å²) in [7, 11) is 1.67. The van der Waals surface area contributed by atoms with Crippen LogP contribution in [0.5, 0.6) is 5.75 Å². The lowest BCUT2D eigenvalue weighted by atomic mass is 10.0. The van der Waals surface area contributed by atoms with E-state index in [2.05, 4.69) is 23.7 Å². The van der Waals surface area contributed by atoms with E-state index >= 15 is 0 Å². The number of aliphatic hydroxyl groups is 1.